The van der Waals surface area contributed by atoms with Crippen molar-refractivity contribution in [2.75, 3.05) is 58.4 Å². The number of likely N-dealkylation sites (tertiary alicyclic amines) is 1. The van der Waals surface area contributed by atoms with Gasteiger partial charge in [-0.05, 0) is 44.0 Å². The molecule has 2 aliphatic rings. The van der Waals surface area contributed by atoms with Crippen LogP contribution in [-0.2, 0) is 4.79 Å². The topological polar surface area (TPSA) is 94.8 Å². The van der Waals surface area contributed by atoms with Crippen LogP contribution in [0.4, 0.5) is 5.82 Å². The number of amides is 1. The van der Waals surface area contributed by atoms with Gasteiger partial charge in [0.15, 0.2) is 5.82 Å². The number of aromatic nitrogens is 2. The fraction of sp³-hybridized carbons (Fsp3) is 0.379. The molecule has 3 heterocycles. The van der Waals surface area contributed by atoms with Gasteiger partial charge in [-0.25, -0.2) is 0 Å². The highest BCUT2D eigenvalue weighted by molar-refractivity contribution is 6.01. The molecular formula is C29H32N6O3. The molecule has 0 saturated carbocycles. The number of hydrogen-bond acceptors (Lipinski definition) is 8. The molecule has 0 unspecified atom stereocenters. The predicted octanol–water partition coefficient (Wildman–Crippen LogP) is 3.48. The van der Waals surface area contributed by atoms with Gasteiger partial charge in [0.25, 0.3) is 0 Å². The molecule has 2 fully saturated rings. The zero-order valence-corrected chi connectivity index (χ0v) is 21.9. The van der Waals surface area contributed by atoms with Crippen molar-refractivity contribution in [3.63, 3.8) is 0 Å². The molecule has 5 rings (SSSR count). The Labute approximate surface area is 222 Å². The summed E-state index contributed by atoms with van der Waals surface area (Å²) in [5.74, 6) is 1.12. The third kappa shape index (κ3) is 4.87. The normalized spacial score (nSPS) is 17.9. The second-order valence-corrected chi connectivity index (χ2v) is 9.63. The molecule has 0 bridgehead atoms. The van der Waals surface area contributed by atoms with Crippen LogP contribution in [0.25, 0.3) is 22.0 Å². The standard InChI is InChI=1S/C29H32N6O3/c1-4-25(36)34-14-16-35(17-15-34)28-23(18-30)27(31-29(32-28)38-19-21-10-7-13-33(21)2)22-11-5-8-20-9-6-12-24(37-3)26(20)22/h4-6,8-9,11-12,21H,1,7,10,13-17,19H2,2-3H3/t21-/m0/s1. The highest BCUT2D eigenvalue weighted by atomic mass is 16.5. The number of hydrogen-bond donors (Lipinski definition) is 0. The van der Waals surface area contributed by atoms with Gasteiger partial charge in [0, 0.05) is 43.2 Å². The Balaban J connectivity index is 1.60. The number of benzene rings is 2. The average molecular weight is 513 g/mol. The van der Waals surface area contributed by atoms with Crippen molar-refractivity contribution in [1.29, 1.82) is 5.26 Å². The Hall–Kier alpha value is -4.16. The first-order valence-electron chi connectivity index (χ1n) is 12.9. The van der Waals surface area contributed by atoms with Crippen molar-refractivity contribution in [2.45, 2.75) is 18.9 Å². The van der Waals surface area contributed by atoms with E-state index in [0.717, 1.165) is 35.7 Å². The Kier molecular flexibility index (Phi) is 7.43. The molecule has 2 aromatic carbocycles. The predicted molar refractivity (Wildman–Crippen MR) is 146 cm³/mol. The van der Waals surface area contributed by atoms with E-state index in [4.69, 9.17) is 19.4 Å². The summed E-state index contributed by atoms with van der Waals surface area (Å²) in [5, 5.41) is 12.2. The maximum atomic E-state index is 12.1. The van der Waals surface area contributed by atoms with Crippen LogP contribution in [0.3, 0.4) is 0 Å². The quantitative estimate of drug-likeness (QED) is 0.444. The van der Waals surface area contributed by atoms with E-state index in [-0.39, 0.29) is 11.9 Å². The van der Waals surface area contributed by atoms with Crippen molar-refractivity contribution >= 4 is 22.5 Å². The van der Waals surface area contributed by atoms with Gasteiger partial charge in [-0.2, -0.15) is 15.2 Å². The second kappa shape index (κ2) is 11.1. The van der Waals surface area contributed by atoms with Crippen LogP contribution >= 0.6 is 0 Å². The zero-order valence-electron chi connectivity index (χ0n) is 21.9. The summed E-state index contributed by atoms with van der Waals surface area (Å²) < 4.78 is 11.9. The van der Waals surface area contributed by atoms with E-state index in [2.05, 4.69) is 24.6 Å². The first kappa shape index (κ1) is 25.5. The summed E-state index contributed by atoms with van der Waals surface area (Å²) >= 11 is 0. The molecule has 2 saturated heterocycles. The van der Waals surface area contributed by atoms with E-state index in [1.165, 1.54) is 6.08 Å². The van der Waals surface area contributed by atoms with Crippen LogP contribution < -0.4 is 14.4 Å². The molecule has 196 valence electrons. The molecule has 38 heavy (non-hydrogen) atoms. The number of nitrogens with zero attached hydrogens (tertiary/aromatic N) is 6. The lowest BCUT2D eigenvalue weighted by Gasteiger charge is -2.35. The minimum atomic E-state index is -0.0962. The van der Waals surface area contributed by atoms with Gasteiger partial charge in [0.2, 0.25) is 5.91 Å². The molecule has 3 aromatic rings. The van der Waals surface area contributed by atoms with Crippen LogP contribution in [0.1, 0.15) is 18.4 Å². The summed E-state index contributed by atoms with van der Waals surface area (Å²) in [7, 11) is 3.74. The third-order valence-corrected chi connectivity index (χ3v) is 7.46. The summed E-state index contributed by atoms with van der Waals surface area (Å²) in [4.78, 5) is 27.8. The molecule has 0 N–H and O–H groups in total. The van der Waals surface area contributed by atoms with Crippen LogP contribution in [-0.4, -0.2) is 85.2 Å². The molecule has 1 amide bonds. The molecular weight excluding hydrogens is 480 g/mol. The zero-order chi connectivity index (χ0) is 26.6. The first-order valence-corrected chi connectivity index (χ1v) is 12.9. The molecule has 0 spiro atoms. The molecule has 9 nitrogen and oxygen atoms in total. The van der Waals surface area contributed by atoms with Gasteiger partial charge in [-0.1, -0.05) is 36.9 Å². The van der Waals surface area contributed by atoms with Crippen molar-refractivity contribution in [3.8, 4) is 29.1 Å². The Morgan fingerprint density at radius 1 is 1.16 bits per heavy atom. The lowest BCUT2D eigenvalue weighted by Crippen LogP contribution is -2.48. The number of fused-ring (bicyclic) bond motifs is 1. The highest BCUT2D eigenvalue weighted by Gasteiger charge is 2.28. The molecule has 9 heteroatoms. The van der Waals surface area contributed by atoms with Crippen molar-refractivity contribution < 1.29 is 14.3 Å². The average Bonchev–Trinajstić information content (AvgIpc) is 3.38. The minimum absolute atomic E-state index is 0.0962. The summed E-state index contributed by atoms with van der Waals surface area (Å²) in [5.41, 5.74) is 1.66. The lowest BCUT2D eigenvalue weighted by molar-refractivity contribution is -0.126. The Morgan fingerprint density at radius 2 is 1.92 bits per heavy atom. The monoisotopic (exact) mass is 512 g/mol. The molecule has 1 aromatic heterocycles. The number of ether oxygens (including phenoxy) is 2. The number of rotatable bonds is 7. The maximum Gasteiger partial charge on any atom is 0.319 e. The van der Waals surface area contributed by atoms with E-state index in [1.54, 1.807) is 12.0 Å². The highest BCUT2D eigenvalue weighted by Crippen LogP contribution is 2.38. The summed E-state index contributed by atoms with van der Waals surface area (Å²) in [6.07, 6.45) is 3.53. The maximum absolute atomic E-state index is 12.1. The first-order chi connectivity index (χ1) is 18.5. The summed E-state index contributed by atoms with van der Waals surface area (Å²) in [6, 6.07) is 14.7. The number of likely N-dealkylation sites (N-methyl/N-ethyl adjacent to an activating group) is 1. The van der Waals surface area contributed by atoms with Crippen molar-refractivity contribution in [2.24, 2.45) is 0 Å². The number of carbonyl (C=O) groups excluding carboxylic acids is 1. The fourth-order valence-electron chi connectivity index (χ4n) is 5.32. The van der Waals surface area contributed by atoms with Gasteiger partial charge >= 0.3 is 6.01 Å². The third-order valence-electron chi connectivity index (χ3n) is 7.46. The van der Waals surface area contributed by atoms with Gasteiger partial charge in [0.05, 0.1) is 12.8 Å². The Bertz CT molecular complexity index is 1390. The molecule has 0 aliphatic carbocycles. The number of piperazine rings is 1. The van der Waals surface area contributed by atoms with Gasteiger partial charge in [0.1, 0.15) is 24.0 Å². The number of carbonyl (C=O) groups is 1. The van der Waals surface area contributed by atoms with Crippen molar-refractivity contribution in [1.82, 2.24) is 19.8 Å². The number of anilines is 1. The van der Waals surface area contributed by atoms with Crippen LogP contribution in [0.5, 0.6) is 11.8 Å². The minimum Gasteiger partial charge on any atom is -0.496 e. The molecule has 1 atom stereocenters. The van der Waals surface area contributed by atoms with E-state index in [1.807, 2.05) is 41.3 Å². The van der Waals surface area contributed by atoms with E-state index in [0.29, 0.717) is 61.7 Å². The largest absolute Gasteiger partial charge is 0.496 e. The van der Waals surface area contributed by atoms with E-state index < -0.39 is 0 Å². The smallest absolute Gasteiger partial charge is 0.319 e. The Morgan fingerprint density at radius 3 is 2.58 bits per heavy atom. The van der Waals surface area contributed by atoms with Crippen LogP contribution in [0, 0.1) is 11.3 Å². The van der Waals surface area contributed by atoms with Gasteiger partial charge < -0.3 is 24.2 Å². The van der Waals surface area contributed by atoms with Crippen molar-refractivity contribution in [3.05, 3.63) is 54.6 Å². The SMILES string of the molecule is C=CC(=O)N1CCN(c2nc(OC[C@@H]3CCCN3C)nc(-c3cccc4cccc(OC)c34)c2C#N)CC1. The van der Waals surface area contributed by atoms with Crippen LogP contribution in [0.2, 0.25) is 0 Å². The fourth-order valence-corrected chi connectivity index (χ4v) is 5.32. The number of methoxy groups -OCH3 is 1. The number of nitriles is 1. The van der Waals surface area contributed by atoms with Gasteiger partial charge in [-0.3, -0.25) is 4.79 Å². The lowest BCUT2D eigenvalue weighted by atomic mass is 9.98. The summed E-state index contributed by atoms with van der Waals surface area (Å²) in [6.45, 7) is 7.21. The molecule has 0 radical (unpaired) electrons. The second-order valence-electron chi connectivity index (χ2n) is 9.63. The van der Waals surface area contributed by atoms with Crippen LogP contribution in [0.15, 0.2) is 49.1 Å². The van der Waals surface area contributed by atoms with E-state index >= 15 is 0 Å². The van der Waals surface area contributed by atoms with E-state index in [9.17, 15) is 10.1 Å². The molecule has 2 aliphatic heterocycles. The van der Waals surface area contributed by atoms with Gasteiger partial charge in [-0.15, -0.1) is 0 Å².